The molecule has 7 heteroatoms. The fraction of sp³-hybridized carbons (Fsp3) is 0.500. The number of pyridine rings is 1. The predicted octanol–water partition coefficient (Wildman–Crippen LogP) is 2.95. The Labute approximate surface area is 114 Å². The first-order valence-corrected chi connectivity index (χ1v) is 6.40. The van der Waals surface area contributed by atoms with Gasteiger partial charge in [0, 0.05) is 6.54 Å². The molecule has 1 aromatic rings. The normalized spacial score (nSPS) is 15.9. The molecule has 0 unspecified atom stereocenters. The quantitative estimate of drug-likeness (QED) is 0.837. The van der Waals surface area contributed by atoms with Crippen molar-refractivity contribution in [2.24, 2.45) is 11.7 Å². The maximum Gasteiger partial charge on any atom is 0.433 e. The Morgan fingerprint density at radius 3 is 2.58 bits per heavy atom. The minimum absolute atomic E-state index is 0.0392. The fourth-order valence-electron chi connectivity index (χ4n) is 1.89. The van der Waals surface area contributed by atoms with Crippen LogP contribution >= 0.6 is 12.2 Å². The van der Waals surface area contributed by atoms with Crippen molar-refractivity contribution in [3.63, 3.8) is 0 Å². The predicted molar refractivity (Wildman–Crippen MR) is 71.0 cm³/mol. The van der Waals surface area contributed by atoms with Crippen molar-refractivity contribution in [1.82, 2.24) is 4.98 Å². The van der Waals surface area contributed by atoms with Crippen LogP contribution in [0.2, 0.25) is 0 Å². The molecule has 0 bridgehead atoms. The summed E-state index contributed by atoms with van der Waals surface area (Å²) < 4.78 is 37.9. The smallest absolute Gasteiger partial charge is 0.389 e. The average molecular weight is 289 g/mol. The first kappa shape index (κ1) is 14.0. The fourth-order valence-corrected chi connectivity index (χ4v) is 2.05. The highest BCUT2D eigenvalue weighted by molar-refractivity contribution is 7.80. The number of halogens is 3. The molecule has 1 heterocycles. The molecule has 0 radical (unpaired) electrons. The second-order valence-corrected chi connectivity index (χ2v) is 5.07. The summed E-state index contributed by atoms with van der Waals surface area (Å²) in [5.74, 6) is 0.616. The van der Waals surface area contributed by atoms with E-state index in [0.717, 1.165) is 18.9 Å². The van der Waals surface area contributed by atoms with Gasteiger partial charge < -0.3 is 11.1 Å². The molecule has 3 N–H and O–H groups in total. The Bertz CT molecular complexity index is 484. The van der Waals surface area contributed by atoms with E-state index in [-0.39, 0.29) is 10.8 Å². The highest BCUT2D eigenvalue weighted by Crippen LogP contribution is 2.30. The van der Waals surface area contributed by atoms with Gasteiger partial charge >= 0.3 is 6.18 Å². The van der Waals surface area contributed by atoms with Crippen molar-refractivity contribution in [2.45, 2.75) is 25.4 Å². The van der Waals surface area contributed by atoms with Crippen LogP contribution in [0.15, 0.2) is 12.1 Å². The number of alkyl halides is 3. The van der Waals surface area contributed by atoms with E-state index in [2.05, 4.69) is 10.3 Å². The lowest BCUT2D eigenvalue weighted by Gasteiger charge is -2.26. The molecule has 1 aromatic heterocycles. The summed E-state index contributed by atoms with van der Waals surface area (Å²) >= 11 is 4.83. The standard InChI is InChI=1S/C12H14F3N3S/c13-12(14,15)9-5-4-8(10(16)19)11(18-9)17-6-7-2-1-3-7/h4-5,7H,1-3,6H2,(H2,16,19)(H,17,18). The maximum absolute atomic E-state index is 12.6. The first-order chi connectivity index (χ1) is 8.88. The van der Waals surface area contributed by atoms with Gasteiger partial charge in [-0.1, -0.05) is 18.6 Å². The first-order valence-electron chi connectivity index (χ1n) is 6.00. The third-order valence-electron chi connectivity index (χ3n) is 3.23. The lowest BCUT2D eigenvalue weighted by Crippen LogP contribution is -2.24. The largest absolute Gasteiger partial charge is 0.433 e. The molecule has 19 heavy (non-hydrogen) atoms. The zero-order chi connectivity index (χ0) is 14.0. The molecule has 104 valence electrons. The van der Waals surface area contributed by atoms with Gasteiger partial charge in [-0.3, -0.25) is 0 Å². The summed E-state index contributed by atoms with van der Waals surface area (Å²) in [7, 11) is 0. The summed E-state index contributed by atoms with van der Waals surface area (Å²) in [4.78, 5) is 3.63. The minimum atomic E-state index is -4.47. The Balaban J connectivity index is 2.22. The van der Waals surface area contributed by atoms with Gasteiger partial charge in [-0.25, -0.2) is 4.98 Å². The molecule has 1 aliphatic rings. The number of aromatic nitrogens is 1. The third kappa shape index (κ3) is 3.34. The number of nitrogens with one attached hydrogen (secondary N) is 1. The molecule has 0 aromatic carbocycles. The minimum Gasteiger partial charge on any atom is -0.389 e. The number of nitrogens with zero attached hydrogens (tertiary/aromatic N) is 1. The van der Waals surface area contributed by atoms with Crippen LogP contribution < -0.4 is 11.1 Å². The molecular weight excluding hydrogens is 275 g/mol. The van der Waals surface area contributed by atoms with Crippen LogP contribution in [0, 0.1) is 5.92 Å². The second kappa shape index (κ2) is 5.32. The number of hydrogen-bond donors (Lipinski definition) is 2. The molecule has 1 fully saturated rings. The van der Waals surface area contributed by atoms with E-state index in [4.69, 9.17) is 18.0 Å². The summed E-state index contributed by atoms with van der Waals surface area (Å²) in [6, 6.07) is 2.16. The van der Waals surface area contributed by atoms with Crippen LogP contribution in [0.25, 0.3) is 0 Å². The molecule has 3 nitrogen and oxygen atoms in total. The number of anilines is 1. The molecule has 0 saturated heterocycles. The molecule has 0 atom stereocenters. The highest BCUT2D eigenvalue weighted by Gasteiger charge is 2.33. The number of thiocarbonyl (C=S) groups is 1. The van der Waals surface area contributed by atoms with Gasteiger partial charge in [0.25, 0.3) is 0 Å². The van der Waals surface area contributed by atoms with Gasteiger partial charge in [0.05, 0.1) is 5.56 Å². The van der Waals surface area contributed by atoms with Crippen molar-refractivity contribution in [1.29, 1.82) is 0 Å². The van der Waals surface area contributed by atoms with Crippen molar-refractivity contribution < 1.29 is 13.2 Å². The van der Waals surface area contributed by atoms with E-state index in [9.17, 15) is 13.2 Å². The monoisotopic (exact) mass is 289 g/mol. The third-order valence-corrected chi connectivity index (χ3v) is 3.45. The lowest BCUT2D eigenvalue weighted by atomic mass is 9.85. The average Bonchev–Trinajstić information content (AvgIpc) is 2.25. The topological polar surface area (TPSA) is 50.9 Å². The molecular formula is C12H14F3N3S. The number of hydrogen-bond acceptors (Lipinski definition) is 3. The number of rotatable bonds is 4. The van der Waals surface area contributed by atoms with Crippen LogP contribution in [-0.4, -0.2) is 16.5 Å². The zero-order valence-electron chi connectivity index (χ0n) is 10.1. The van der Waals surface area contributed by atoms with Crippen molar-refractivity contribution >= 4 is 23.0 Å². The Kier molecular flexibility index (Phi) is 3.93. The SMILES string of the molecule is NC(=S)c1ccc(C(F)(F)F)nc1NCC1CCC1. The van der Waals surface area contributed by atoms with E-state index < -0.39 is 11.9 Å². The van der Waals surface area contributed by atoms with Gasteiger partial charge in [0.1, 0.15) is 16.5 Å². The Hall–Kier alpha value is -1.37. The summed E-state index contributed by atoms with van der Waals surface area (Å²) in [5, 5.41) is 2.93. The zero-order valence-corrected chi connectivity index (χ0v) is 10.9. The van der Waals surface area contributed by atoms with Crippen LogP contribution in [-0.2, 0) is 6.18 Å². The van der Waals surface area contributed by atoms with Crippen molar-refractivity contribution in [3.8, 4) is 0 Å². The van der Waals surface area contributed by atoms with Gasteiger partial charge in [0.15, 0.2) is 0 Å². The summed E-state index contributed by atoms with van der Waals surface area (Å²) in [6.45, 7) is 0.601. The highest BCUT2D eigenvalue weighted by atomic mass is 32.1. The van der Waals surface area contributed by atoms with Crippen molar-refractivity contribution in [2.75, 3.05) is 11.9 Å². The van der Waals surface area contributed by atoms with Crippen LogP contribution in [0.1, 0.15) is 30.5 Å². The van der Waals surface area contributed by atoms with Crippen LogP contribution in [0.3, 0.4) is 0 Å². The van der Waals surface area contributed by atoms with E-state index >= 15 is 0 Å². The molecule has 0 spiro atoms. The van der Waals surface area contributed by atoms with E-state index in [1.807, 2.05) is 0 Å². The summed E-state index contributed by atoms with van der Waals surface area (Å²) in [6.07, 6.45) is -1.12. The molecule has 1 saturated carbocycles. The maximum atomic E-state index is 12.6. The summed E-state index contributed by atoms with van der Waals surface area (Å²) in [5.41, 5.74) is 4.91. The Morgan fingerprint density at radius 2 is 2.11 bits per heavy atom. The van der Waals surface area contributed by atoms with E-state index in [1.54, 1.807) is 0 Å². The Morgan fingerprint density at radius 1 is 1.42 bits per heavy atom. The van der Waals surface area contributed by atoms with Gasteiger partial charge in [-0.15, -0.1) is 0 Å². The van der Waals surface area contributed by atoms with E-state index in [0.29, 0.717) is 18.0 Å². The van der Waals surface area contributed by atoms with Gasteiger partial charge in [-0.2, -0.15) is 13.2 Å². The number of nitrogens with two attached hydrogens (primary N) is 1. The van der Waals surface area contributed by atoms with Crippen molar-refractivity contribution in [3.05, 3.63) is 23.4 Å². The molecule has 0 aliphatic heterocycles. The van der Waals surface area contributed by atoms with E-state index in [1.165, 1.54) is 12.5 Å². The molecule has 0 amide bonds. The van der Waals surface area contributed by atoms with Crippen LogP contribution in [0.5, 0.6) is 0 Å². The molecule has 2 rings (SSSR count). The van der Waals surface area contributed by atoms with Gasteiger partial charge in [-0.05, 0) is 30.9 Å². The lowest BCUT2D eigenvalue weighted by molar-refractivity contribution is -0.141. The second-order valence-electron chi connectivity index (χ2n) is 4.63. The van der Waals surface area contributed by atoms with Crippen LogP contribution in [0.4, 0.5) is 19.0 Å². The molecule has 1 aliphatic carbocycles. The van der Waals surface area contributed by atoms with Gasteiger partial charge in [0.2, 0.25) is 0 Å².